The van der Waals surface area contributed by atoms with Gasteiger partial charge in [0.1, 0.15) is 0 Å². The summed E-state index contributed by atoms with van der Waals surface area (Å²) in [6.07, 6.45) is 4.66. The Hall–Kier alpha value is -3.82. The summed E-state index contributed by atoms with van der Waals surface area (Å²) < 4.78 is 0. The maximum absolute atomic E-state index is 12.7. The second-order valence-electron chi connectivity index (χ2n) is 8.05. The summed E-state index contributed by atoms with van der Waals surface area (Å²) in [5.74, 6) is -0.168. The van der Waals surface area contributed by atoms with Crippen molar-refractivity contribution in [3.05, 3.63) is 47.0 Å². The molecule has 0 unspecified atom stereocenters. The Kier molecular flexibility index (Phi) is 5.85. The van der Waals surface area contributed by atoms with Gasteiger partial charge in [0.05, 0.1) is 11.1 Å². The quantitative estimate of drug-likeness (QED) is 0.431. The van der Waals surface area contributed by atoms with E-state index in [-0.39, 0.29) is 11.8 Å². The maximum atomic E-state index is 12.7. The topological polar surface area (TPSA) is 124 Å². The molecular weight excluding hydrogens is 408 g/mol. The highest BCUT2D eigenvalue weighted by Gasteiger charge is 2.16. The predicted octanol–water partition coefficient (Wildman–Crippen LogP) is 2.47. The molecule has 10 heteroatoms. The third-order valence-electron chi connectivity index (χ3n) is 5.62. The zero-order valence-electron chi connectivity index (χ0n) is 18.6. The molecule has 0 spiro atoms. The number of carbonyl (C=O) groups is 2. The molecule has 0 aliphatic heterocycles. The Morgan fingerprint density at radius 3 is 1.59 bits per heavy atom. The molecule has 4 rings (SSSR count). The summed E-state index contributed by atoms with van der Waals surface area (Å²) in [4.78, 5) is 37.3. The van der Waals surface area contributed by atoms with E-state index in [0.717, 1.165) is 35.0 Å². The van der Waals surface area contributed by atoms with Gasteiger partial charge in [-0.05, 0) is 38.8 Å². The molecule has 0 aliphatic rings. The lowest BCUT2D eigenvalue weighted by atomic mass is 10.1. The SMILES string of the molecule is Cc1[nH]nc2ncc(C(=O)N(C)CCCCN(C)C(=O)c3cnc4n[nH]c(C)c4c3)cc12. The van der Waals surface area contributed by atoms with Crippen LogP contribution in [0.4, 0.5) is 0 Å². The maximum Gasteiger partial charge on any atom is 0.255 e. The van der Waals surface area contributed by atoms with Crippen LogP contribution in [0.25, 0.3) is 22.1 Å². The van der Waals surface area contributed by atoms with Gasteiger partial charge in [0, 0.05) is 61.7 Å². The number of pyridine rings is 2. The van der Waals surface area contributed by atoms with E-state index in [1.165, 1.54) is 0 Å². The van der Waals surface area contributed by atoms with Crippen molar-refractivity contribution in [2.24, 2.45) is 0 Å². The van der Waals surface area contributed by atoms with Crippen LogP contribution in [0.3, 0.4) is 0 Å². The molecule has 0 bridgehead atoms. The van der Waals surface area contributed by atoms with Crippen LogP contribution in [-0.2, 0) is 0 Å². The second-order valence-corrected chi connectivity index (χ2v) is 8.05. The standard InChI is InChI=1S/C22H26N8O2/c1-13-17-9-15(11-23-19(17)27-25-13)21(31)29(3)7-5-6-8-30(4)22(32)16-10-18-14(2)26-28-20(18)24-12-16/h9-12H,5-8H2,1-4H3,(H,23,25,27)(H,24,26,28). The van der Waals surface area contributed by atoms with Gasteiger partial charge < -0.3 is 9.80 Å². The molecule has 10 nitrogen and oxygen atoms in total. The molecule has 4 aromatic heterocycles. The minimum Gasteiger partial charge on any atom is -0.342 e. The fraction of sp³-hybridized carbons (Fsp3) is 0.364. The van der Waals surface area contributed by atoms with E-state index in [9.17, 15) is 9.59 Å². The Morgan fingerprint density at radius 2 is 1.19 bits per heavy atom. The third-order valence-corrected chi connectivity index (χ3v) is 5.62. The smallest absolute Gasteiger partial charge is 0.255 e. The number of nitrogens with zero attached hydrogens (tertiary/aromatic N) is 6. The number of aryl methyl sites for hydroxylation is 2. The second kappa shape index (κ2) is 8.74. The van der Waals surface area contributed by atoms with Gasteiger partial charge in [-0.1, -0.05) is 0 Å². The minimum absolute atomic E-state index is 0.0840. The highest BCUT2D eigenvalue weighted by atomic mass is 16.2. The van der Waals surface area contributed by atoms with Crippen molar-refractivity contribution in [3.8, 4) is 0 Å². The summed E-state index contributed by atoms with van der Waals surface area (Å²) >= 11 is 0. The number of hydrogen-bond acceptors (Lipinski definition) is 6. The van der Waals surface area contributed by atoms with Crippen LogP contribution in [0, 0.1) is 13.8 Å². The number of rotatable bonds is 7. The van der Waals surface area contributed by atoms with Crippen molar-refractivity contribution < 1.29 is 9.59 Å². The summed E-state index contributed by atoms with van der Waals surface area (Å²) in [6.45, 7) is 4.98. The first-order valence-electron chi connectivity index (χ1n) is 10.5. The van der Waals surface area contributed by atoms with Crippen LogP contribution < -0.4 is 0 Å². The largest absolute Gasteiger partial charge is 0.342 e. The molecule has 0 saturated carbocycles. The predicted molar refractivity (Wildman–Crippen MR) is 120 cm³/mol. The van der Waals surface area contributed by atoms with E-state index in [4.69, 9.17) is 0 Å². The molecule has 2 N–H and O–H groups in total. The number of aromatic nitrogens is 6. The lowest BCUT2D eigenvalue weighted by Crippen LogP contribution is -2.30. The number of nitrogens with one attached hydrogen (secondary N) is 2. The summed E-state index contributed by atoms with van der Waals surface area (Å²) in [5.41, 5.74) is 4.05. The lowest BCUT2D eigenvalue weighted by molar-refractivity contribution is 0.0766. The van der Waals surface area contributed by atoms with E-state index >= 15 is 0 Å². The third kappa shape index (κ3) is 4.16. The molecular formula is C22H26N8O2. The van der Waals surface area contributed by atoms with Crippen LogP contribution in [0.2, 0.25) is 0 Å². The number of aromatic amines is 2. The summed E-state index contributed by atoms with van der Waals surface area (Å²) in [7, 11) is 3.55. The molecule has 166 valence electrons. The number of hydrogen-bond donors (Lipinski definition) is 2. The van der Waals surface area contributed by atoms with E-state index in [2.05, 4.69) is 30.4 Å². The van der Waals surface area contributed by atoms with E-state index in [0.29, 0.717) is 35.5 Å². The average Bonchev–Trinajstić information content (AvgIpc) is 3.37. The van der Waals surface area contributed by atoms with Gasteiger partial charge in [0.15, 0.2) is 11.3 Å². The van der Waals surface area contributed by atoms with Crippen LogP contribution in [0.5, 0.6) is 0 Å². The number of carbonyl (C=O) groups excluding carboxylic acids is 2. The highest BCUT2D eigenvalue weighted by Crippen LogP contribution is 2.17. The zero-order chi connectivity index (χ0) is 22.8. The van der Waals surface area contributed by atoms with Gasteiger partial charge >= 0.3 is 0 Å². The summed E-state index contributed by atoms with van der Waals surface area (Å²) in [6, 6.07) is 3.64. The van der Waals surface area contributed by atoms with Gasteiger partial charge in [-0.3, -0.25) is 19.8 Å². The Bertz CT molecular complexity index is 1190. The van der Waals surface area contributed by atoms with E-state index < -0.39 is 0 Å². The van der Waals surface area contributed by atoms with Crippen LogP contribution in [0.15, 0.2) is 24.5 Å². The van der Waals surface area contributed by atoms with Gasteiger partial charge in [0.2, 0.25) is 0 Å². The van der Waals surface area contributed by atoms with Crippen molar-refractivity contribution >= 4 is 33.9 Å². The van der Waals surface area contributed by atoms with Crippen molar-refractivity contribution in [2.75, 3.05) is 27.2 Å². The number of H-pyrrole nitrogens is 2. The normalized spacial score (nSPS) is 11.2. The molecule has 32 heavy (non-hydrogen) atoms. The molecule has 0 fully saturated rings. The molecule has 2 amide bonds. The molecule has 0 aliphatic carbocycles. The number of fused-ring (bicyclic) bond motifs is 2. The van der Waals surface area contributed by atoms with Crippen molar-refractivity contribution in [2.45, 2.75) is 26.7 Å². The van der Waals surface area contributed by atoms with Gasteiger partial charge in [-0.15, -0.1) is 0 Å². The first kappa shape index (κ1) is 21.4. The molecule has 4 heterocycles. The summed E-state index contributed by atoms with van der Waals surface area (Å²) in [5, 5.41) is 15.6. The van der Waals surface area contributed by atoms with E-state index in [1.54, 1.807) is 36.3 Å². The number of unbranched alkanes of at least 4 members (excludes halogenated alkanes) is 1. The zero-order valence-corrected chi connectivity index (χ0v) is 18.6. The molecule has 4 aromatic rings. The van der Waals surface area contributed by atoms with Crippen LogP contribution >= 0.6 is 0 Å². The molecule has 0 atom stereocenters. The highest BCUT2D eigenvalue weighted by molar-refractivity contribution is 5.97. The Balaban J connectivity index is 1.28. The molecule has 0 radical (unpaired) electrons. The van der Waals surface area contributed by atoms with Crippen LogP contribution in [0.1, 0.15) is 44.9 Å². The van der Waals surface area contributed by atoms with E-state index in [1.807, 2.05) is 26.0 Å². The van der Waals surface area contributed by atoms with Crippen LogP contribution in [-0.4, -0.2) is 79.2 Å². The monoisotopic (exact) mass is 434 g/mol. The fourth-order valence-electron chi connectivity index (χ4n) is 3.61. The molecule has 0 aromatic carbocycles. The van der Waals surface area contributed by atoms with Crippen molar-refractivity contribution in [3.63, 3.8) is 0 Å². The lowest BCUT2D eigenvalue weighted by Gasteiger charge is -2.20. The molecule has 0 saturated heterocycles. The fourth-order valence-corrected chi connectivity index (χ4v) is 3.61. The first-order chi connectivity index (χ1) is 15.3. The Morgan fingerprint density at radius 1 is 0.781 bits per heavy atom. The minimum atomic E-state index is -0.0840. The van der Waals surface area contributed by atoms with Crippen molar-refractivity contribution in [1.29, 1.82) is 0 Å². The first-order valence-corrected chi connectivity index (χ1v) is 10.5. The number of amides is 2. The Labute approximate surface area is 185 Å². The average molecular weight is 435 g/mol. The van der Waals surface area contributed by atoms with Crippen molar-refractivity contribution in [1.82, 2.24) is 40.2 Å². The van der Waals surface area contributed by atoms with Gasteiger partial charge in [-0.2, -0.15) is 10.2 Å². The van der Waals surface area contributed by atoms with Gasteiger partial charge in [-0.25, -0.2) is 9.97 Å². The van der Waals surface area contributed by atoms with Gasteiger partial charge in [0.25, 0.3) is 11.8 Å².